The van der Waals surface area contributed by atoms with E-state index in [9.17, 15) is 0 Å². The van der Waals surface area contributed by atoms with E-state index in [2.05, 4.69) is 70.2 Å². The molecule has 0 bridgehead atoms. The second-order valence-electron chi connectivity index (χ2n) is 6.61. The van der Waals surface area contributed by atoms with Gasteiger partial charge < -0.3 is 0 Å². The summed E-state index contributed by atoms with van der Waals surface area (Å²) in [6, 6.07) is 14.3. The molecule has 0 heteroatoms. The molecule has 23 heavy (non-hydrogen) atoms. The van der Waals surface area contributed by atoms with Gasteiger partial charge in [-0.05, 0) is 59.1 Å². The molecule has 3 rings (SSSR count). The van der Waals surface area contributed by atoms with Crippen molar-refractivity contribution in [2.24, 2.45) is 0 Å². The van der Waals surface area contributed by atoms with Crippen LogP contribution in [0.2, 0.25) is 0 Å². The molecule has 1 aliphatic rings. The van der Waals surface area contributed by atoms with Gasteiger partial charge in [-0.25, -0.2) is 0 Å². The molecule has 0 N–H and O–H groups in total. The van der Waals surface area contributed by atoms with Crippen LogP contribution in [-0.2, 0) is 19.3 Å². The number of allylic oxidation sites excluding steroid dienone is 1. The van der Waals surface area contributed by atoms with Crippen LogP contribution < -0.4 is 0 Å². The molecule has 0 aliphatic heterocycles. The lowest BCUT2D eigenvalue weighted by atomic mass is 9.85. The highest BCUT2D eigenvalue weighted by molar-refractivity contribution is 5.70. The van der Waals surface area contributed by atoms with Gasteiger partial charge in [-0.2, -0.15) is 0 Å². The normalized spacial score (nSPS) is 16.3. The summed E-state index contributed by atoms with van der Waals surface area (Å²) < 4.78 is 0. The zero-order valence-corrected chi connectivity index (χ0v) is 14.9. The quantitative estimate of drug-likeness (QED) is 0.607. The zero-order chi connectivity index (χ0) is 16.4. The van der Waals surface area contributed by atoms with Crippen molar-refractivity contribution in [1.82, 2.24) is 0 Å². The minimum Gasteiger partial charge on any atom is -0.0616 e. The summed E-state index contributed by atoms with van der Waals surface area (Å²) >= 11 is 0. The SMILES string of the molecule is CCC1=Cc2cc(CC)ccc2C1c1cc(CC)cc(CC)c1. The van der Waals surface area contributed by atoms with Crippen molar-refractivity contribution >= 4 is 6.08 Å². The minimum absolute atomic E-state index is 0.456. The zero-order valence-electron chi connectivity index (χ0n) is 14.9. The van der Waals surface area contributed by atoms with Crippen LogP contribution in [0.25, 0.3) is 6.08 Å². The van der Waals surface area contributed by atoms with E-state index < -0.39 is 0 Å². The molecule has 0 aromatic heterocycles. The van der Waals surface area contributed by atoms with Gasteiger partial charge >= 0.3 is 0 Å². The molecule has 120 valence electrons. The van der Waals surface area contributed by atoms with E-state index in [4.69, 9.17) is 0 Å². The van der Waals surface area contributed by atoms with E-state index in [1.165, 1.54) is 33.4 Å². The van der Waals surface area contributed by atoms with Crippen molar-refractivity contribution in [3.63, 3.8) is 0 Å². The summed E-state index contributed by atoms with van der Waals surface area (Å²) in [6.07, 6.45) is 6.89. The Kier molecular flexibility index (Phi) is 4.71. The Morgan fingerprint density at radius 1 is 0.696 bits per heavy atom. The molecule has 0 nitrogen and oxygen atoms in total. The molecule has 0 heterocycles. The lowest BCUT2D eigenvalue weighted by Crippen LogP contribution is -2.03. The number of hydrogen-bond acceptors (Lipinski definition) is 0. The Morgan fingerprint density at radius 3 is 1.91 bits per heavy atom. The third kappa shape index (κ3) is 3.00. The molecular formula is C23H28. The molecule has 1 unspecified atom stereocenters. The van der Waals surface area contributed by atoms with Crippen molar-refractivity contribution in [1.29, 1.82) is 0 Å². The molecule has 1 aliphatic carbocycles. The van der Waals surface area contributed by atoms with Gasteiger partial charge in [0, 0.05) is 5.92 Å². The van der Waals surface area contributed by atoms with E-state index in [0.29, 0.717) is 5.92 Å². The summed E-state index contributed by atoms with van der Waals surface area (Å²) in [5, 5.41) is 0. The van der Waals surface area contributed by atoms with E-state index in [0.717, 1.165) is 25.7 Å². The number of benzene rings is 2. The highest BCUT2D eigenvalue weighted by atomic mass is 14.3. The average molecular weight is 304 g/mol. The smallest absolute Gasteiger partial charge is 0.0308 e. The predicted octanol–water partition coefficient (Wildman–Crippen LogP) is 6.31. The first-order chi connectivity index (χ1) is 11.2. The first kappa shape index (κ1) is 16.1. The number of hydrogen-bond donors (Lipinski definition) is 0. The Hall–Kier alpha value is -1.82. The molecule has 0 saturated heterocycles. The Labute approximate surface area is 141 Å². The van der Waals surface area contributed by atoms with Gasteiger partial charge in [0.05, 0.1) is 0 Å². The van der Waals surface area contributed by atoms with Gasteiger partial charge in [0.15, 0.2) is 0 Å². The molecule has 2 aromatic carbocycles. The molecule has 0 radical (unpaired) electrons. The highest BCUT2D eigenvalue weighted by Crippen LogP contribution is 2.43. The maximum absolute atomic E-state index is 2.43. The maximum Gasteiger partial charge on any atom is 0.0308 e. The first-order valence-electron chi connectivity index (χ1n) is 9.16. The maximum atomic E-state index is 2.43. The van der Waals surface area contributed by atoms with Gasteiger partial charge in [-0.1, -0.05) is 75.7 Å². The van der Waals surface area contributed by atoms with Crippen molar-refractivity contribution in [2.75, 3.05) is 0 Å². The Balaban J connectivity index is 2.11. The number of fused-ring (bicyclic) bond motifs is 1. The monoisotopic (exact) mass is 304 g/mol. The van der Waals surface area contributed by atoms with Crippen LogP contribution in [-0.4, -0.2) is 0 Å². The van der Waals surface area contributed by atoms with Crippen LogP contribution in [0, 0.1) is 0 Å². The third-order valence-electron chi connectivity index (χ3n) is 5.22. The minimum atomic E-state index is 0.456. The molecule has 0 saturated carbocycles. The lowest BCUT2D eigenvalue weighted by molar-refractivity contribution is 0.897. The largest absolute Gasteiger partial charge is 0.0616 e. The van der Waals surface area contributed by atoms with Crippen molar-refractivity contribution in [2.45, 2.75) is 59.3 Å². The topological polar surface area (TPSA) is 0 Å². The Morgan fingerprint density at radius 2 is 1.35 bits per heavy atom. The molecule has 0 fully saturated rings. The van der Waals surface area contributed by atoms with Gasteiger partial charge in [-0.15, -0.1) is 0 Å². The van der Waals surface area contributed by atoms with Crippen LogP contribution in [0.3, 0.4) is 0 Å². The van der Waals surface area contributed by atoms with Gasteiger partial charge in [0.25, 0.3) is 0 Å². The molecular weight excluding hydrogens is 276 g/mol. The summed E-state index contributed by atoms with van der Waals surface area (Å²) in [5.41, 5.74) is 10.3. The van der Waals surface area contributed by atoms with Gasteiger partial charge in [-0.3, -0.25) is 0 Å². The van der Waals surface area contributed by atoms with Gasteiger partial charge in [0.2, 0.25) is 0 Å². The summed E-state index contributed by atoms with van der Waals surface area (Å²) in [4.78, 5) is 0. The average Bonchev–Trinajstić information content (AvgIpc) is 2.98. The van der Waals surface area contributed by atoms with E-state index in [1.54, 1.807) is 5.57 Å². The fraction of sp³-hybridized carbons (Fsp3) is 0.391. The Bertz CT molecular complexity index is 711. The second-order valence-corrected chi connectivity index (χ2v) is 6.61. The lowest BCUT2D eigenvalue weighted by Gasteiger charge is -2.19. The van der Waals surface area contributed by atoms with E-state index in [1.807, 2.05) is 0 Å². The van der Waals surface area contributed by atoms with Crippen LogP contribution in [0.4, 0.5) is 0 Å². The summed E-state index contributed by atoms with van der Waals surface area (Å²) in [7, 11) is 0. The van der Waals surface area contributed by atoms with Crippen molar-refractivity contribution in [3.8, 4) is 0 Å². The molecule has 1 atom stereocenters. The number of rotatable bonds is 5. The van der Waals surface area contributed by atoms with Crippen molar-refractivity contribution < 1.29 is 0 Å². The van der Waals surface area contributed by atoms with Crippen LogP contribution in [0.1, 0.15) is 73.4 Å². The fourth-order valence-corrected chi connectivity index (χ4v) is 3.78. The standard InChI is InChI=1S/C23H28/c1-5-16-9-10-22-20(12-16)15-19(8-4)23(22)21-13-17(6-2)11-18(7-3)14-21/h9-15,23H,5-8H2,1-4H3. The predicted molar refractivity (Wildman–Crippen MR) is 101 cm³/mol. The highest BCUT2D eigenvalue weighted by Gasteiger charge is 2.26. The molecule has 0 spiro atoms. The van der Waals surface area contributed by atoms with Gasteiger partial charge in [0.1, 0.15) is 0 Å². The van der Waals surface area contributed by atoms with Crippen LogP contribution >= 0.6 is 0 Å². The summed E-state index contributed by atoms with van der Waals surface area (Å²) in [5.74, 6) is 0.456. The van der Waals surface area contributed by atoms with Crippen LogP contribution in [0.15, 0.2) is 42.0 Å². The third-order valence-corrected chi connectivity index (χ3v) is 5.22. The molecule has 0 amide bonds. The number of aryl methyl sites for hydroxylation is 3. The molecule has 2 aromatic rings. The fourth-order valence-electron chi connectivity index (χ4n) is 3.78. The van der Waals surface area contributed by atoms with Crippen LogP contribution in [0.5, 0.6) is 0 Å². The van der Waals surface area contributed by atoms with Crippen molar-refractivity contribution in [3.05, 3.63) is 75.4 Å². The second kappa shape index (κ2) is 6.74. The summed E-state index contributed by atoms with van der Waals surface area (Å²) in [6.45, 7) is 9.03. The van der Waals surface area contributed by atoms with E-state index >= 15 is 0 Å². The first-order valence-corrected chi connectivity index (χ1v) is 9.16. The van der Waals surface area contributed by atoms with E-state index in [-0.39, 0.29) is 0 Å².